The monoisotopic (exact) mass is 232 g/mol. The maximum Gasteiger partial charge on any atom is 0.0858 e. The number of anilines is 1. The molecule has 0 aliphatic rings. The van der Waals surface area contributed by atoms with Crippen molar-refractivity contribution in [3.63, 3.8) is 0 Å². The van der Waals surface area contributed by atoms with Crippen LogP contribution in [-0.4, -0.2) is 10.7 Å². The molecular weight excluding hydrogens is 216 g/mol. The fourth-order valence-electron chi connectivity index (χ4n) is 1.54. The van der Waals surface area contributed by atoms with E-state index in [1.54, 1.807) is 0 Å². The quantitative estimate of drug-likeness (QED) is 0.649. The summed E-state index contributed by atoms with van der Waals surface area (Å²) in [5, 5.41) is 1.05. The van der Waals surface area contributed by atoms with Crippen LogP contribution < -0.4 is 5.73 Å². The summed E-state index contributed by atoms with van der Waals surface area (Å²) >= 11 is 1.85. The number of thioether (sulfide) groups is 1. The van der Waals surface area contributed by atoms with Crippen molar-refractivity contribution in [2.45, 2.75) is 18.7 Å². The summed E-state index contributed by atoms with van der Waals surface area (Å²) in [6.45, 7) is 4.44. The summed E-state index contributed by atoms with van der Waals surface area (Å²) in [4.78, 5) is 5.64. The number of nitrogen functional groups attached to an aromatic ring is 1. The number of benzene rings is 1. The van der Waals surface area contributed by atoms with E-state index in [4.69, 9.17) is 5.73 Å². The molecule has 0 aliphatic heterocycles. The van der Waals surface area contributed by atoms with Crippen LogP contribution in [0.3, 0.4) is 0 Å². The highest BCUT2D eigenvalue weighted by Gasteiger charge is 2.06. The van der Waals surface area contributed by atoms with Crippen LogP contribution in [0.1, 0.15) is 13.8 Å². The van der Waals surface area contributed by atoms with Crippen molar-refractivity contribution in [1.82, 2.24) is 4.98 Å². The largest absolute Gasteiger partial charge is 0.398 e. The number of hydrogen-bond acceptors (Lipinski definition) is 3. The topological polar surface area (TPSA) is 38.9 Å². The van der Waals surface area contributed by atoms with E-state index in [-0.39, 0.29) is 0 Å². The van der Waals surface area contributed by atoms with Gasteiger partial charge in [-0.25, -0.2) is 0 Å². The zero-order chi connectivity index (χ0) is 11.5. The van der Waals surface area contributed by atoms with Gasteiger partial charge in [0.2, 0.25) is 0 Å². The van der Waals surface area contributed by atoms with Crippen LogP contribution in [0.15, 0.2) is 35.4 Å². The number of nitrogens with zero attached hydrogens (tertiary/aromatic N) is 1. The van der Waals surface area contributed by atoms with E-state index < -0.39 is 0 Å². The Hall–Kier alpha value is -1.22. The first-order valence-electron chi connectivity index (χ1n) is 5.44. The molecule has 84 valence electrons. The number of nitrogens with two attached hydrogens (primary N) is 1. The van der Waals surface area contributed by atoms with E-state index in [1.165, 1.54) is 4.90 Å². The Balaban J connectivity index is 2.42. The summed E-state index contributed by atoms with van der Waals surface area (Å²) in [6, 6.07) is 7.98. The molecule has 1 aromatic carbocycles. The lowest BCUT2D eigenvalue weighted by Gasteiger charge is -2.08. The molecule has 0 saturated carbocycles. The smallest absolute Gasteiger partial charge is 0.0858 e. The zero-order valence-corrected chi connectivity index (χ0v) is 10.4. The van der Waals surface area contributed by atoms with Gasteiger partial charge in [0.05, 0.1) is 5.52 Å². The molecule has 0 amide bonds. The summed E-state index contributed by atoms with van der Waals surface area (Å²) in [7, 11) is 0. The molecule has 0 spiro atoms. The molecule has 2 aromatic rings. The number of fused-ring (bicyclic) bond motifs is 1. The molecule has 1 aromatic heterocycles. The molecule has 0 unspecified atom stereocenters. The van der Waals surface area contributed by atoms with Gasteiger partial charge in [0.1, 0.15) is 0 Å². The Morgan fingerprint density at radius 3 is 2.88 bits per heavy atom. The third-order valence-corrected chi connectivity index (χ3v) is 3.81. The number of hydrogen-bond donors (Lipinski definition) is 1. The number of pyridine rings is 1. The molecule has 0 radical (unpaired) electrons. The maximum atomic E-state index is 5.93. The second-order valence-corrected chi connectivity index (χ2v) is 5.32. The van der Waals surface area contributed by atoms with Gasteiger partial charge in [-0.05, 0) is 30.2 Å². The second-order valence-electron chi connectivity index (χ2n) is 4.26. The van der Waals surface area contributed by atoms with E-state index in [2.05, 4.69) is 24.9 Å². The van der Waals surface area contributed by atoms with Gasteiger partial charge < -0.3 is 5.73 Å². The van der Waals surface area contributed by atoms with Crippen LogP contribution in [0.4, 0.5) is 5.69 Å². The van der Waals surface area contributed by atoms with Crippen LogP contribution in [0.25, 0.3) is 10.9 Å². The van der Waals surface area contributed by atoms with Gasteiger partial charge in [-0.3, -0.25) is 4.98 Å². The fraction of sp³-hybridized carbons (Fsp3) is 0.308. The van der Waals surface area contributed by atoms with Gasteiger partial charge in [-0.1, -0.05) is 13.8 Å². The molecule has 2 rings (SSSR count). The molecule has 2 N–H and O–H groups in total. The van der Waals surface area contributed by atoms with Crippen molar-refractivity contribution < 1.29 is 0 Å². The van der Waals surface area contributed by atoms with Crippen molar-refractivity contribution in [2.24, 2.45) is 5.92 Å². The highest BCUT2D eigenvalue weighted by atomic mass is 32.2. The molecule has 0 saturated heterocycles. The molecule has 0 atom stereocenters. The Morgan fingerprint density at radius 2 is 2.12 bits per heavy atom. The van der Waals surface area contributed by atoms with Crippen molar-refractivity contribution in [1.29, 1.82) is 0 Å². The Bertz CT molecular complexity index is 494. The summed E-state index contributed by atoms with van der Waals surface area (Å²) < 4.78 is 0. The van der Waals surface area contributed by atoms with Crippen LogP contribution in [0.2, 0.25) is 0 Å². The number of rotatable bonds is 3. The Kier molecular flexibility index (Phi) is 3.34. The van der Waals surface area contributed by atoms with Crippen LogP contribution in [-0.2, 0) is 0 Å². The summed E-state index contributed by atoms with van der Waals surface area (Å²) in [5.41, 5.74) is 7.76. The molecule has 0 fully saturated rings. The molecular formula is C13H16N2S. The molecule has 0 aliphatic carbocycles. The zero-order valence-electron chi connectivity index (χ0n) is 9.60. The Morgan fingerprint density at radius 1 is 1.31 bits per heavy atom. The summed E-state index contributed by atoms with van der Waals surface area (Å²) in [5.74, 6) is 1.79. The standard InChI is InChI=1S/C13H16N2S/c1-9(2)8-16-12-6-5-11(14)10-4-3-7-15-13(10)12/h3-7,9H,8,14H2,1-2H3. The molecule has 2 nitrogen and oxygen atoms in total. The second kappa shape index (κ2) is 4.74. The van der Waals surface area contributed by atoms with E-state index in [9.17, 15) is 0 Å². The lowest BCUT2D eigenvalue weighted by atomic mass is 10.2. The highest BCUT2D eigenvalue weighted by Crippen LogP contribution is 2.30. The van der Waals surface area contributed by atoms with Gasteiger partial charge >= 0.3 is 0 Å². The van der Waals surface area contributed by atoms with Gasteiger partial charge in [0.15, 0.2) is 0 Å². The van der Waals surface area contributed by atoms with Crippen molar-refractivity contribution in [2.75, 3.05) is 11.5 Å². The maximum absolute atomic E-state index is 5.93. The van der Waals surface area contributed by atoms with E-state index >= 15 is 0 Å². The van der Waals surface area contributed by atoms with E-state index in [0.717, 1.165) is 22.3 Å². The van der Waals surface area contributed by atoms with Crippen molar-refractivity contribution >= 4 is 28.4 Å². The van der Waals surface area contributed by atoms with Crippen molar-refractivity contribution in [3.8, 4) is 0 Å². The Labute approximate surface area is 100 Å². The van der Waals surface area contributed by atoms with Crippen LogP contribution >= 0.6 is 11.8 Å². The number of aromatic nitrogens is 1. The first-order valence-corrected chi connectivity index (χ1v) is 6.43. The third kappa shape index (κ3) is 2.30. The van der Waals surface area contributed by atoms with Crippen LogP contribution in [0.5, 0.6) is 0 Å². The highest BCUT2D eigenvalue weighted by molar-refractivity contribution is 7.99. The van der Waals surface area contributed by atoms with Gasteiger partial charge in [0, 0.05) is 27.9 Å². The van der Waals surface area contributed by atoms with E-state index in [1.807, 2.05) is 36.2 Å². The molecule has 0 bridgehead atoms. The van der Waals surface area contributed by atoms with E-state index in [0.29, 0.717) is 5.92 Å². The fourth-order valence-corrected chi connectivity index (χ4v) is 2.52. The molecule has 16 heavy (non-hydrogen) atoms. The SMILES string of the molecule is CC(C)CSc1ccc(N)c2cccnc12. The molecule has 1 heterocycles. The molecule has 3 heteroatoms. The summed E-state index contributed by atoms with van der Waals surface area (Å²) in [6.07, 6.45) is 1.82. The van der Waals surface area contributed by atoms with Gasteiger partial charge in [-0.15, -0.1) is 11.8 Å². The van der Waals surface area contributed by atoms with Crippen molar-refractivity contribution in [3.05, 3.63) is 30.5 Å². The average molecular weight is 232 g/mol. The third-order valence-electron chi connectivity index (χ3n) is 2.34. The normalized spacial score (nSPS) is 11.2. The van der Waals surface area contributed by atoms with Gasteiger partial charge in [-0.2, -0.15) is 0 Å². The predicted octanol–water partition coefficient (Wildman–Crippen LogP) is 3.57. The minimum absolute atomic E-state index is 0.682. The lowest BCUT2D eigenvalue weighted by molar-refractivity contribution is 0.750. The minimum atomic E-state index is 0.682. The predicted molar refractivity (Wildman–Crippen MR) is 71.7 cm³/mol. The first-order chi connectivity index (χ1) is 7.68. The van der Waals surface area contributed by atoms with Gasteiger partial charge in [0.25, 0.3) is 0 Å². The average Bonchev–Trinajstić information content (AvgIpc) is 2.28. The van der Waals surface area contributed by atoms with Crippen LogP contribution in [0, 0.1) is 5.92 Å². The first kappa shape index (κ1) is 11.3. The lowest BCUT2D eigenvalue weighted by Crippen LogP contribution is -1.93. The minimum Gasteiger partial charge on any atom is -0.398 e.